The van der Waals surface area contributed by atoms with Crippen molar-refractivity contribution in [2.45, 2.75) is 26.8 Å². The predicted octanol–water partition coefficient (Wildman–Crippen LogP) is 3.68. The highest BCUT2D eigenvalue weighted by Gasteiger charge is 2.09. The fourth-order valence-electron chi connectivity index (χ4n) is 2.08. The minimum atomic E-state index is -0.345. The van der Waals surface area contributed by atoms with Gasteiger partial charge in [-0.15, -0.1) is 11.3 Å². The average Bonchev–Trinajstić information content (AvgIpc) is 2.93. The Morgan fingerprint density at radius 2 is 2.14 bits per heavy atom. The first kappa shape index (κ1) is 15.4. The lowest BCUT2D eigenvalue weighted by molar-refractivity contribution is 0.0526. The van der Waals surface area contributed by atoms with Crippen molar-refractivity contribution >= 4 is 28.7 Å². The number of hydrogen-bond acceptors (Lipinski definition) is 5. The van der Waals surface area contributed by atoms with Crippen LogP contribution in [0.3, 0.4) is 0 Å². The van der Waals surface area contributed by atoms with Crippen molar-refractivity contribution in [1.29, 1.82) is 0 Å². The van der Waals surface area contributed by atoms with Gasteiger partial charge in [0, 0.05) is 11.4 Å². The molecule has 1 aromatic heterocycles. The van der Waals surface area contributed by atoms with E-state index in [-0.39, 0.29) is 5.97 Å². The SMILES string of the molecule is CCOC(=O)c1ccc(NCc2sccc2CC)c(N)c1. The first-order chi connectivity index (χ1) is 10.2. The maximum atomic E-state index is 11.6. The molecule has 0 radical (unpaired) electrons. The van der Waals surface area contributed by atoms with Crippen molar-refractivity contribution in [3.05, 3.63) is 45.6 Å². The summed E-state index contributed by atoms with van der Waals surface area (Å²) >= 11 is 1.74. The van der Waals surface area contributed by atoms with Crippen molar-refractivity contribution in [2.24, 2.45) is 0 Å². The van der Waals surface area contributed by atoms with Crippen molar-refractivity contribution in [3.8, 4) is 0 Å². The quantitative estimate of drug-likeness (QED) is 0.631. The number of ether oxygens (including phenoxy) is 1. The zero-order chi connectivity index (χ0) is 15.2. The van der Waals surface area contributed by atoms with E-state index in [2.05, 4.69) is 23.7 Å². The van der Waals surface area contributed by atoms with Gasteiger partial charge in [0.05, 0.1) is 23.5 Å². The third kappa shape index (κ3) is 3.76. The molecule has 0 saturated carbocycles. The molecule has 0 unspecified atom stereocenters. The Morgan fingerprint density at radius 1 is 1.33 bits per heavy atom. The van der Waals surface area contributed by atoms with Crippen LogP contribution in [-0.4, -0.2) is 12.6 Å². The van der Waals surface area contributed by atoms with Gasteiger partial charge in [-0.1, -0.05) is 6.92 Å². The predicted molar refractivity (Wildman–Crippen MR) is 87.8 cm³/mol. The number of anilines is 2. The summed E-state index contributed by atoms with van der Waals surface area (Å²) < 4.78 is 4.96. The highest BCUT2D eigenvalue weighted by Crippen LogP contribution is 2.23. The number of nitrogens with two attached hydrogens (primary N) is 1. The van der Waals surface area contributed by atoms with Gasteiger partial charge in [0.15, 0.2) is 0 Å². The number of nitrogen functional groups attached to an aromatic ring is 1. The van der Waals surface area contributed by atoms with E-state index in [1.165, 1.54) is 10.4 Å². The largest absolute Gasteiger partial charge is 0.462 e. The van der Waals surface area contributed by atoms with Gasteiger partial charge in [-0.25, -0.2) is 4.79 Å². The monoisotopic (exact) mass is 304 g/mol. The molecule has 3 N–H and O–H groups in total. The zero-order valence-electron chi connectivity index (χ0n) is 12.3. The average molecular weight is 304 g/mol. The van der Waals surface area contributed by atoms with Crippen molar-refractivity contribution in [2.75, 3.05) is 17.7 Å². The molecule has 0 atom stereocenters. The molecular formula is C16H20N2O2S. The zero-order valence-corrected chi connectivity index (χ0v) is 13.1. The highest BCUT2D eigenvalue weighted by molar-refractivity contribution is 7.10. The lowest BCUT2D eigenvalue weighted by Gasteiger charge is -2.11. The summed E-state index contributed by atoms with van der Waals surface area (Å²) in [5.74, 6) is -0.345. The summed E-state index contributed by atoms with van der Waals surface area (Å²) in [5.41, 5.74) is 9.21. The van der Waals surface area contributed by atoms with E-state index in [9.17, 15) is 4.79 Å². The fourth-order valence-corrected chi connectivity index (χ4v) is 2.99. The number of hydrogen-bond donors (Lipinski definition) is 2. The fraction of sp³-hybridized carbons (Fsp3) is 0.312. The molecule has 4 nitrogen and oxygen atoms in total. The van der Waals surface area contributed by atoms with Gasteiger partial charge < -0.3 is 15.8 Å². The molecule has 0 bridgehead atoms. The van der Waals surface area contributed by atoms with Gasteiger partial charge in [0.1, 0.15) is 0 Å². The molecule has 112 valence electrons. The molecule has 0 aliphatic carbocycles. The molecule has 21 heavy (non-hydrogen) atoms. The number of nitrogens with one attached hydrogen (secondary N) is 1. The van der Waals surface area contributed by atoms with Crippen LogP contribution in [0.5, 0.6) is 0 Å². The third-order valence-corrected chi connectivity index (χ3v) is 4.18. The maximum absolute atomic E-state index is 11.6. The Labute approximate surface area is 128 Å². The Morgan fingerprint density at radius 3 is 2.81 bits per heavy atom. The number of carbonyl (C=O) groups excluding carboxylic acids is 1. The minimum Gasteiger partial charge on any atom is -0.462 e. The van der Waals surface area contributed by atoms with Crippen molar-refractivity contribution < 1.29 is 9.53 Å². The molecular weight excluding hydrogens is 284 g/mol. The Bertz CT molecular complexity index is 622. The van der Waals surface area contributed by atoms with Crippen LogP contribution in [0.2, 0.25) is 0 Å². The normalized spacial score (nSPS) is 10.4. The second kappa shape index (κ2) is 7.13. The molecule has 0 amide bonds. The van der Waals surface area contributed by atoms with Gasteiger partial charge >= 0.3 is 5.97 Å². The van der Waals surface area contributed by atoms with Crippen LogP contribution in [0.15, 0.2) is 29.6 Å². The minimum absolute atomic E-state index is 0.345. The van der Waals surface area contributed by atoms with Crippen LogP contribution in [-0.2, 0) is 17.7 Å². The van der Waals surface area contributed by atoms with E-state index >= 15 is 0 Å². The molecule has 1 aromatic carbocycles. The number of rotatable bonds is 6. The Balaban J connectivity index is 2.06. The third-order valence-electron chi connectivity index (χ3n) is 3.22. The van der Waals surface area contributed by atoms with Crippen LogP contribution in [0, 0.1) is 0 Å². The van der Waals surface area contributed by atoms with Crippen LogP contribution in [0.25, 0.3) is 0 Å². The van der Waals surface area contributed by atoms with Gasteiger partial charge in [-0.3, -0.25) is 0 Å². The summed E-state index contributed by atoms with van der Waals surface area (Å²) in [6.45, 7) is 5.03. The Hall–Kier alpha value is -2.01. The number of aryl methyl sites for hydroxylation is 1. The molecule has 0 fully saturated rings. The summed E-state index contributed by atoms with van der Waals surface area (Å²) in [5, 5.41) is 5.42. The summed E-state index contributed by atoms with van der Waals surface area (Å²) in [6, 6.07) is 7.34. The summed E-state index contributed by atoms with van der Waals surface area (Å²) in [4.78, 5) is 13.0. The van der Waals surface area contributed by atoms with Crippen LogP contribution in [0.4, 0.5) is 11.4 Å². The van der Waals surface area contributed by atoms with E-state index in [0.29, 0.717) is 17.9 Å². The van der Waals surface area contributed by atoms with Gasteiger partial charge in [-0.2, -0.15) is 0 Å². The van der Waals surface area contributed by atoms with Gasteiger partial charge in [0.2, 0.25) is 0 Å². The Kier molecular flexibility index (Phi) is 5.22. The van der Waals surface area contributed by atoms with Gasteiger partial charge in [-0.05, 0) is 48.6 Å². The number of benzene rings is 1. The molecule has 1 heterocycles. The van der Waals surface area contributed by atoms with E-state index in [1.807, 2.05) is 6.07 Å². The number of esters is 1. The smallest absolute Gasteiger partial charge is 0.338 e. The maximum Gasteiger partial charge on any atom is 0.338 e. The summed E-state index contributed by atoms with van der Waals surface area (Å²) in [6.07, 6.45) is 1.03. The highest BCUT2D eigenvalue weighted by atomic mass is 32.1. The molecule has 0 spiro atoms. The molecule has 0 aliphatic rings. The number of thiophene rings is 1. The molecule has 5 heteroatoms. The standard InChI is InChI=1S/C16H20N2O2S/c1-3-11-7-8-21-15(11)10-18-14-6-5-12(9-13(14)17)16(19)20-4-2/h5-9,18H,3-4,10,17H2,1-2H3. The van der Waals surface area contributed by atoms with E-state index in [0.717, 1.165) is 18.7 Å². The van der Waals surface area contributed by atoms with Gasteiger partial charge in [0.25, 0.3) is 0 Å². The molecule has 0 saturated heterocycles. The van der Waals surface area contributed by atoms with Crippen molar-refractivity contribution in [3.63, 3.8) is 0 Å². The topological polar surface area (TPSA) is 64.3 Å². The molecule has 2 aromatic rings. The first-order valence-electron chi connectivity index (χ1n) is 7.01. The van der Waals surface area contributed by atoms with E-state index in [4.69, 9.17) is 10.5 Å². The molecule has 2 rings (SSSR count). The second-order valence-corrected chi connectivity index (χ2v) is 5.60. The second-order valence-electron chi connectivity index (χ2n) is 4.60. The summed E-state index contributed by atoms with van der Waals surface area (Å²) in [7, 11) is 0. The van der Waals surface area contributed by atoms with E-state index < -0.39 is 0 Å². The lowest BCUT2D eigenvalue weighted by Crippen LogP contribution is -2.07. The van der Waals surface area contributed by atoms with Crippen LogP contribution in [0.1, 0.15) is 34.6 Å². The van der Waals surface area contributed by atoms with Crippen molar-refractivity contribution in [1.82, 2.24) is 0 Å². The van der Waals surface area contributed by atoms with Crippen LogP contribution >= 0.6 is 11.3 Å². The molecule has 0 aliphatic heterocycles. The number of carbonyl (C=O) groups is 1. The van der Waals surface area contributed by atoms with E-state index in [1.54, 1.807) is 30.4 Å². The first-order valence-corrected chi connectivity index (χ1v) is 7.89. The lowest BCUT2D eigenvalue weighted by atomic mass is 10.1. The van der Waals surface area contributed by atoms with Crippen LogP contribution < -0.4 is 11.1 Å².